The van der Waals surface area contributed by atoms with E-state index in [-0.39, 0.29) is 19.4 Å². The van der Waals surface area contributed by atoms with Gasteiger partial charge in [0, 0.05) is 12.8 Å². The minimum Gasteiger partial charge on any atom is -0.489 e. The smallest absolute Gasteiger partial charge is 0.303 e. The van der Waals surface area contributed by atoms with Gasteiger partial charge in [-0.25, -0.2) is 0 Å². The van der Waals surface area contributed by atoms with E-state index in [0.717, 1.165) is 13.0 Å². The molecule has 0 bridgehead atoms. The quantitative estimate of drug-likeness (QED) is 0.437. The molecular weight excluding hydrogens is 416 g/mol. The van der Waals surface area contributed by atoms with Gasteiger partial charge in [-0.3, -0.25) is 4.79 Å². The predicted molar refractivity (Wildman–Crippen MR) is 128 cm³/mol. The molecule has 0 saturated heterocycles. The molecule has 0 radical (unpaired) electrons. The van der Waals surface area contributed by atoms with Gasteiger partial charge in [0.15, 0.2) is 0 Å². The second-order valence-electron chi connectivity index (χ2n) is 9.03. The number of aryl methyl sites for hydroxylation is 1. The van der Waals surface area contributed by atoms with Crippen LogP contribution in [0.25, 0.3) is 10.8 Å². The van der Waals surface area contributed by atoms with Crippen LogP contribution < -0.4 is 4.74 Å². The van der Waals surface area contributed by atoms with Crippen LogP contribution in [-0.4, -0.2) is 60.6 Å². The Morgan fingerprint density at radius 2 is 1.82 bits per heavy atom. The van der Waals surface area contributed by atoms with Gasteiger partial charge in [0.05, 0.1) is 26.2 Å². The summed E-state index contributed by atoms with van der Waals surface area (Å²) in [7, 11) is 4.16. The Hall–Kier alpha value is -3.40. The Labute approximate surface area is 194 Å². The third-order valence-corrected chi connectivity index (χ3v) is 5.79. The van der Waals surface area contributed by atoms with Crippen molar-refractivity contribution in [3.05, 3.63) is 77.4 Å². The molecule has 0 heterocycles. The number of aliphatic carboxylic acids is 1. The van der Waals surface area contributed by atoms with Crippen LogP contribution in [0.2, 0.25) is 0 Å². The van der Waals surface area contributed by atoms with Crippen molar-refractivity contribution >= 4 is 16.7 Å². The molecule has 0 amide bonds. The van der Waals surface area contributed by atoms with Gasteiger partial charge >= 0.3 is 5.97 Å². The molecule has 0 aliphatic rings. The van der Waals surface area contributed by atoms with E-state index in [0.29, 0.717) is 27.9 Å². The summed E-state index contributed by atoms with van der Waals surface area (Å²) in [5.41, 5.74) is 2.23. The zero-order valence-corrected chi connectivity index (χ0v) is 19.2. The summed E-state index contributed by atoms with van der Waals surface area (Å²) in [6.45, 7) is 1.44. The highest BCUT2D eigenvalue weighted by atomic mass is 16.5. The Morgan fingerprint density at radius 3 is 2.55 bits per heavy atom. The fourth-order valence-electron chi connectivity index (χ4n) is 4.00. The second-order valence-corrected chi connectivity index (χ2v) is 9.03. The number of nitrogens with zero attached hydrogens (tertiary/aromatic N) is 2. The summed E-state index contributed by atoms with van der Waals surface area (Å²) < 4.78 is 6.39. The second kappa shape index (κ2) is 11.0. The molecule has 3 aromatic carbocycles. The van der Waals surface area contributed by atoms with Crippen LogP contribution in [0.3, 0.4) is 0 Å². The van der Waals surface area contributed by atoms with Crippen molar-refractivity contribution in [1.82, 2.24) is 0 Å². The highest BCUT2D eigenvalue weighted by molar-refractivity contribution is 5.83. The molecule has 0 unspecified atom stereocenters. The summed E-state index contributed by atoms with van der Waals surface area (Å²) in [6.07, 6.45) is 0.404. The Kier molecular flexibility index (Phi) is 8.05. The number of quaternary nitrogens is 1. The van der Waals surface area contributed by atoms with Crippen molar-refractivity contribution in [3.8, 4) is 11.8 Å². The number of rotatable bonds is 11. The van der Waals surface area contributed by atoms with Gasteiger partial charge in [-0.05, 0) is 34.4 Å². The summed E-state index contributed by atoms with van der Waals surface area (Å²) in [5, 5.41) is 31.5. The van der Waals surface area contributed by atoms with E-state index < -0.39 is 12.1 Å². The Balaban J connectivity index is 1.55. The first-order valence-electron chi connectivity index (χ1n) is 11.1. The molecule has 0 saturated carbocycles. The molecule has 0 aromatic heterocycles. The number of benzene rings is 3. The average Bonchev–Trinajstić information content (AvgIpc) is 2.79. The van der Waals surface area contributed by atoms with E-state index in [2.05, 4.69) is 50.5 Å². The number of likely N-dealkylation sites (N-methyl/N-ethyl adjacent to an activating group) is 1. The first-order valence-corrected chi connectivity index (χ1v) is 11.1. The number of fused-ring (bicyclic) bond motifs is 1. The maximum absolute atomic E-state index is 10.9. The zero-order valence-electron chi connectivity index (χ0n) is 19.2. The van der Waals surface area contributed by atoms with Crippen LogP contribution in [0.5, 0.6) is 5.75 Å². The van der Waals surface area contributed by atoms with Gasteiger partial charge in [0.25, 0.3) is 0 Å². The molecule has 0 spiro atoms. The molecule has 172 valence electrons. The number of carboxylic acid groups (broad SMARTS) is 1. The zero-order chi connectivity index (χ0) is 23.8. The highest BCUT2D eigenvalue weighted by Crippen LogP contribution is 2.23. The molecule has 3 rings (SSSR count). The fourth-order valence-corrected chi connectivity index (χ4v) is 4.00. The largest absolute Gasteiger partial charge is 0.489 e. The molecule has 0 aliphatic heterocycles. The average molecular weight is 448 g/mol. The normalized spacial score (nSPS) is 12.3. The lowest BCUT2D eigenvalue weighted by Crippen LogP contribution is -2.48. The summed E-state index contributed by atoms with van der Waals surface area (Å²) >= 11 is 0. The number of aliphatic hydroxyl groups is 1. The van der Waals surface area contributed by atoms with Crippen LogP contribution in [0.15, 0.2) is 60.7 Å². The number of carboxylic acids is 1. The lowest BCUT2D eigenvalue weighted by molar-refractivity contribution is -0.893. The van der Waals surface area contributed by atoms with Crippen molar-refractivity contribution < 1.29 is 24.2 Å². The molecule has 33 heavy (non-hydrogen) atoms. The number of nitriles is 1. The van der Waals surface area contributed by atoms with Crippen molar-refractivity contribution in [1.29, 1.82) is 5.26 Å². The standard InChI is InChI=1S/C27H30N2O4/c1-29(2,15-14-20-10-11-21-6-3-4-7-23(21)16-20)18-24(30)19-33-26-9-5-8-22(25(26)17-28)12-13-27(31)32/h3-11,16,24,30H,12-15,18-19H2,1-2H3/p+1/t24-/m1/s1. The SMILES string of the molecule is C[N+](C)(CCc1ccc2ccccc2c1)C[C@@H](O)COc1cccc(CCC(=O)O)c1C#N. The van der Waals surface area contributed by atoms with Crippen molar-refractivity contribution in [2.75, 3.05) is 33.8 Å². The maximum atomic E-state index is 10.9. The molecule has 0 fully saturated rings. The van der Waals surface area contributed by atoms with Gasteiger partial charge in [0.1, 0.15) is 31.1 Å². The van der Waals surface area contributed by atoms with Crippen LogP contribution in [0.1, 0.15) is 23.1 Å². The van der Waals surface area contributed by atoms with Crippen LogP contribution in [0.4, 0.5) is 0 Å². The first-order chi connectivity index (χ1) is 15.8. The Bertz CT molecular complexity index is 1150. The third kappa shape index (κ3) is 7.04. The number of aliphatic hydroxyl groups excluding tert-OH is 1. The van der Waals surface area contributed by atoms with E-state index in [1.165, 1.54) is 16.3 Å². The van der Waals surface area contributed by atoms with E-state index in [4.69, 9.17) is 9.84 Å². The molecule has 2 N–H and O–H groups in total. The van der Waals surface area contributed by atoms with E-state index >= 15 is 0 Å². The monoisotopic (exact) mass is 447 g/mol. The number of ether oxygens (including phenoxy) is 1. The lowest BCUT2D eigenvalue weighted by Gasteiger charge is -2.32. The number of hydrogen-bond acceptors (Lipinski definition) is 4. The number of carbonyl (C=O) groups is 1. The van der Waals surface area contributed by atoms with Gasteiger partial charge in [-0.1, -0.05) is 54.6 Å². The van der Waals surface area contributed by atoms with Gasteiger partial charge < -0.3 is 19.4 Å². The Morgan fingerprint density at radius 1 is 1.06 bits per heavy atom. The molecule has 0 aliphatic carbocycles. The minimum atomic E-state index is -0.913. The van der Waals surface area contributed by atoms with Gasteiger partial charge in [0.2, 0.25) is 0 Å². The summed E-state index contributed by atoms with van der Waals surface area (Å²) in [4.78, 5) is 10.9. The van der Waals surface area contributed by atoms with E-state index in [1.807, 2.05) is 12.1 Å². The molecule has 1 atom stereocenters. The van der Waals surface area contributed by atoms with E-state index in [1.54, 1.807) is 18.2 Å². The van der Waals surface area contributed by atoms with Crippen molar-refractivity contribution in [3.63, 3.8) is 0 Å². The van der Waals surface area contributed by atoms with Gasteiger partial charge in [-0.15, -0.1) is 0 Å². The predicted octanol–water partition coefficient (Wildman–Crippen LogP) is 3.79. The topological polar surface area (TPSA) is 90.6 Å². The van der Waals surface area contributed by atoms with Gasteiger partial charge in [-0.2, -0.15) is 5.26 Å². The first kappa shape index (κ1) is 24.2. The van der Waals surface area contributed by atoms with Crippen LogP contribution in [0, 0.1) is 11.3 Å². The fraction of sp³-hybridized carbons (Fsp3) is 0.333. The molecule has 6 nitrogen and oxygen atoms in total. The lowest BCUT2D eigenvalue weighted by atomic mass is 10.0. The number of hydrogen-bond donors (Lipinski definition) is 2. The highest BCUT2D eigenvalue weighted by Gasteiger charge is 2.22. The maximum Gasteiger partial charge on any atom is 0.303 e. The van der Waals surface area contributed by atoms with Crippen LogP contribution in [-0.2, 0) is 17.6 Å². The minimum absolute atomic E-state index is 0.0519. The third-order valence-electron chi connectivity index (χ3n) is 5.79. The van der Waals surface area contributed by atoms with Crippen LogP contribution >= 0.6 is 0 Å². The summed E-state index contributed by atoms with van der Waals surface area (Å²) in [5.74, 6) is -0.537. The molecular formula is C27H31N2O4+. The summed E-state index contributed by atoms with van der Waals surface area (Å²) in [6, 6.07) is 22.1. The molecule has 6 heteroatoms. The van der Waals surface area contributed by atoms with E-state index in [9.17, 15) is 15.2 Å². The van der Waals surface area contributed by atoms with Crippen molar-refractivity contribution in [2.24, 2.45) is 0 Å². The molecule has 3 aromatic rings. The van der Waals surface area contributed by atoms with Crippen molar-refractivity contribution in [2.45, 2.75) is 25.4 Å².